The van der Waals surface area contributed by atoms with Gasteiger partial charge in [-0.2, -0.15) is 0 Å². The highest BCUT2D eigenvalue weighted by atomic mass is 16.5. The molecule has 2 aromatic rings. The van der Waals surface area contributed by atoms with Crippen LogP contribution in [0.2, 0.25) is 0 Å². The number of fused-ring (bicyclic) bond motifs is 1. The minimum absolute atomic E-state index is 0.305. The lowest BCUT2D eigenvalue weighted by molar-refractivity contribution is 0.115. The Kier molecular flexibility index (Phi) is 4.17. The van der Waals surface area contributed by atoms with Crippen molar-refractivity contribution in [1.29, 1.82) is 0 Å². The maximum Gasteiger partial charge on any atom is 0.119 e. The zero-order valence-electron chi connectivity index (χ0n) is 12.9. The molecule has 1 aliphatic heterocycles. The molecule has 1 aromatic carbocycles. The lowest BCUT2D eigenvalue weighted by Crippen LogP contribution is -2.36. The van der Waals surface area contributed by atoms with Crippen LogP contribution in [-0.4, -0.2) is 41.8 Å². The van der Waals surface area contributed by atoms with E-state index in [2.05, 4.69) is 28.9 Å². The van der Waals surface area contributed by atoms with Gasteiger partial charge in [-0.1, -0.05) is 0 Å². The number of hydrogen-bond donors (Lipinski definition) is 2. The highest BCUT2D eigenvalue weighted by Crippen LogP contribution is 2.27. The fraction of sp³-hybridized carbons (Fsp3) is 0.529. The van der Waals surface area contributed by atoms with Gasteiger partial charge in [-0.15, -0.1) is 0 Å². The minimum atomic E-state index is 0.305. The Bertz CT molecular complexity index is 621. The average molecular weight is 288 g/mol. The topological polar surface area (TPSA) is 48.5 Å². The molecule has 0 saturated carbocycles. The van der Waals surface area contributed by atoms with Crippen LogP contribution in [0.3, 0.4) is 0 Å². The van der Waals surface area contributed by atoms with Crippen molar-refractivity contribution >= 4 is 10.9 Å². The van der Waals surface area contributed by atoms with Crippen molar-refractivity contribution in [3.63, 3.8) is 0 Å². The fourth-order valence-electron chi connectivity index (χ4n) is 3.31. The summed E-state index contributed by atoms with van der Waals surface area (Å²) in [4.78, 5) is 5.98. The van der Waals surface area contributed by atoms with Gasteiger partial charge in [0.15, 0.2) is 0 Å². The van der Waals surface area contributed by atoms with Gasteiger partial charge in [0.25, 0.3) is 0 Å². The highest BCUT2D eigenvalue weighted by molar-refractivity contribution is 5.85. The average Bonchev–Trinajstić information content (AvgIpc) is 2.83. The molecule has 114 valence electrons. The van der Waals surface area contributed by atoms with E-state index in [0.29, 0.717) is 12.5 Å². The van der Waals surface area contributed by atoms with E-state index >= 15 is 0 Å². The van der Waals surface area contributed by atoms with E-state index in [-0.39, 0.29) is 0 Å². The van der Waals surface area contributed by atoms with Crippen molar-refractivity contribution in [2.24, 2.45) is 5.92 Å². The minimum Gasteiger partial charge on any atom is -0.497 e. The summed E-state index contributed by atoms with van der Waals surface area (Å²) in [6, 6.07) is 6.17. The first kappa shape index (κ1) is 14.4. The van der Waals surface area contributed by atoms with Gasteiger partial charge in [0.2, 0.25) is 0 Å². The smallest absolute Gasteiger partial charge is 0.119 e. The van der Waals surface area contributed by atoms with E-state index in [4.69, 9.17) is 4.74 Å². The molecule has 0 spiro atoms. The summed E-state index contributed by atoms with van der Waals surface area (Å²) in [7, 11) is 1.70. The van der Waals surface area contributed by atoms with Gasteiger partial charge in [0.1, 0.15) is 5.75 Å². The Labute approximate surface area is 125 Å². The molecular formula is C17H24N2O2. The first-order valence-corrected chi connectivity index (χ1v) is 7.69. The van der Waals surface area contributed by atoms with Crippen LogP contribution in [0.1, 0.15) is 24.1 Å². The lowest BCUT2D eigenvalue weighted by Gasteiger charge is -2.31. The van der Waals surface area contributed by atoms with Crippen molar-refractivity contribution in [2.75, 3.05) is 26.8 Å². The van der Waals surface area contributed by atoms with E-state index in [9.17, 15) is 5.11 Å². The first-order chi connectivity index (χ1) is 10.2. The van der Waals surface area contributed by atoms with Crippen LogP contribution >= 0.6 is 0 Å². The number of H-pyrrole nitrogens is 1. The monoisotopic (exact) mass is 288 g/mol. The first-order valence-electron chi connectivity index (χ1n) is 7.69. The molecule has 1 saturated heterocycles. The van der Waals surface area contributed by atoms with Gasteiger partial charge in [0.05, 0.1) is 7.11 Å². The molecule has 2 N–H and O–H groups in total. The maximum atomic E-state index is 9.35. The van der Waals surface area contributed by atoms with Crippen molar-refractivity contribution in [3.05, 3.63) is 29.5 Å². The van der Waals surface area contributed by atoms with E-state index < -0.39 is 0 Å². The number of nitrogens with zero attached hydrogens (tertiary/aromatic N) is 1. The standard InChI is InChI=1S/C17H24N2O2/c1-12-15-8-14(21-2)5-6-16(15)18-17(12)10-19-7-3-4-13(9-19)11-20/h5-6,8,13,18,20H,3-4,7,9-11H2,1-2H3. The van der Waals surface area contributed by atoms with Crippen molar-refractivity contribution in [1.82, 2.24) is 9.88 Å². The summed E-state index contributed by atoms with van der Waals surface area (Å²) in [6.45, 7) is 5.52. The molecule has 1 atom stereocenters. The van der Waals surface area contributed by atoms with Crippen molar-refractivity contribution in [2.45, 2.75) is 26.3 Å². The summed E-state index contributed by atoms with van der Waals surface area (Å²) in [5.41, 5.74) is 3.74. The Morgan fingerprint density at radius 1 is 1.43 bits per heavy atom. The molecule has 2 heterocycles. The van der Waals surface area contributed by atoms with Crippen molar-refractivity contribution < 1.29 is 9.84 Å². The number of likely N-dealkylation sites (tertiary alicyclic amines) is 1. The lowest BCUT2D eigenvalue weighted by atomic mass is 9.99. The van der Waals surface area contributed by atoms with Crippen LogP contribution in [0.15, 0.2) is 18.2 Å². The molecule has 4 nitrogen and oxygen atoms in total. The van der Waals surface area contributed by atoms with Gasteiger partial charge in [-0.25, -0.2) is 0 Å². The number of benzene rings is 1. The van der Waals surface area contributed by atoms with Crippen LogP contribution in [0.4, 0.5) is 0 Å². The quantitative estimate of drug-likeness (QED) is 0.909. The fourth-order valence-corrected chi connectivity index (χ4v) is 3.31. The number of piperidine rings is 1. The number of ether oxygens (including phenoxy) is 1. The molecule has 0 radical (unpaired) electrons. The second-order valence-corrected chi connectivity index (χ2v) is 6.07. The molecule has 1 aromatic heterocycles. The van der Waals surface area contributed by atoms with E-state index in [1.165, 1.54) is 28.6 Å². The van der Waals surface area contributed by atoms with Crippen LogP contribution in [0.5, 0.6) is 5.75 Å². The molecular weight excluding hydrogens is 264 g/mol. The van der Waals surface area contributed by atoms with Crippen LogP contribution in [0.25, 0.3) is 10.9 Å². The van der Waals surface area contributed by atoms with E-state index in [0.717, 1.165) is 31.8 Å². The Morgan fingerprint density at radius 3 is 3.05 bits per heavy atom. The predicted octanol–water partition coefficient (Wildman–Crippen LogP) is 2.69. The maximum absolute atomic E-state index is 9.35. The SMILES string of the molecule is COc1ccc2[nH]c(CN3CCCC(CO)C3)c(C)c2c1. The zero-order chi connectivity index (χ0) is 14.8. The zero-order valence-corrected chi connectivity index (χ0v) is 12.9. The molecule has 1 fully saturated rings. The third-order valence-electron chi connectivity index (χ3n) is 4.61. The van der Waals surface area contributed by atoms with Gasteiger partial charge >= 0.3 is 0 Å². The van der Waals surface area contributed by atoms with Gasteiger partial charge < -0.3 is 14.8 Å². The number of aryl methyl sites for hydroxylation is 1. The third kappa shape index (κ3) is 2.92. The van der Waals surface area contributed by atoms with E-state index in [1.54, 1.807) is 7.11 Å². The van der Waals surface area contributed by atoms with Gasteiger partial charge in [0, 0.05) is 36.3 Å². The number of aromatic nitrogens is 1. The molecule has 21 heavy (non-hydrogen) atoms. The second-order valence-electron chi connectivity index (χ2n) is 6.07. The molecule has 4 heteroatoms. The largest absolute Gasteiger partial charge is 0.497 e. The molecule has 1 unspecified atom stereocenters. The summed E-state index contributed by atoms with van der Waals surface area (Å²) in [6.07, 6.45) is 2.33. The number of hydrogen-bond acceptors (Lipinski definition) is 3. The number of rotatable bonds is 4. The molecule has 0 aliphatic carbocycles. The summed E-state index contributed by atoms with van der Waals surface area (Å²) < 4.78 is 5.31. The Morgan fingerprint density at radius 2 is 2.29 bits per heavy atom. The van der Waals surface area contributed by atoms with E-state index in [1.807, 2.05) is 6.07 Å². The third-order valence-corrected chi connectivity index (χ3v) is 4.61. The summed E-state index contributed by atoms with van der Waals surface area (Å²) >= 11 is 0. The predicted molar refractivity (Wildman–Crippen MR) is 84.7 cm³/mol. The molecule has 0 bridgehead atoms. The molecule has 3 rings (SSSR count). The van der Waals surface area contributed by atoms with Crippen LogP contribution in [-0.2, 0) is 6.54 Å². The van der Waals surface area contributed by atoms with Gasteiger partial charge in [-0.05, 0) is 56.0 Å². The van der Waals surface area contributed by atoms with Gasteiger partial charge in [-0.3, -0.25) is 4.90 Å². The molecule has 1 aliphatic rings. The number of nitrogens with one attached hydrogen (secondary N) is 1. The number of aromatic amines is 1. The van der Waals surface area contributed by atoms with Crippen LogP contribution < -0.4 is 4.74 Å². The second kappa shape index (κ2) is 6.08. The number of aliphatic hydroxyl groups excluding tert-OH is 1. The number of methoxy groups -OCH3 is 1. The van der Waals surface area contributed by atoms with Crippen LogP contribution in [0, 0.1) is 12.8 Å². The summed E-state index contributed by atoms with van der Waals surface area (Å²) in [5, 5.41) is 10.6. The Balaban J connectivity index is 1.82. The summed E-state index contributed by atoms with van der Waals surface area (Å²) in [5.74, 6) is 1.33. The number of aliphatic hydroxyl groups is 1. The normalized spacial score (nSPS) is 20.0. The molecule has 0 amide bonds. The Hall–Kier alpha value is -1.52. The van der Waals surface area contributed by atoms with Crippen molar-refractivity contribution in [3.8, 4) is 5.75 Å². The highest BCUT2D eigenvalue weighted by Gasteiger charge is 2.20.